The number of nitrogens with zero attached hydrogens (tertiary/aromatic N) is 4. The summed E-state index contributed by atoms with van der Waals surface area (Å²) >= 11 is 0. The molecule has 0 amide bonds. The predicted octanol–water partition coefficient (Wildman–Crippen LogP) is 4.14. The van der Waals surface area contributed by atoms with Crippen molar-refractivity contribution >= 4 is 29.9 Å². The van der Waals surface area contributed by atoms with Crippen LogP contribution in [-0.2, 0) is 19.4 Å². The highest BCUT2D eigenvalue weighted by Gasteiger charge is 2.05. The molecule has 0 atom stereocenters. The minimum Gasteiger partial charge on any atom is -0.497 e. The Morgan fingerprint density at radius 2 is 1.94 bits per heavy atom. The predicted molar refractivity (Wildman–Crippen MR) is 141 cm³/mol. The first-order valence-corrected chi connectivity index (χ1v) is 11.5. The fourth-order valence-electron chi connectivity index (χ4n) is 3.77. The number of hydrogen-bond acceptors (Lipinski definition) is 4. The van der Waals surface area contributed by atoms with Gasteiger partial charge in [-0.15, -0.1) is 34.2 Å². The molecule has 1 aliphatic carbocycles. The second-order valence-corrected chi connectivity index (χ2v) is 7.83. The number of allylic oxidation sites excluding steroid dienone is 1. The first-order valence-electron chi connectivity index (χ1n) is 11.5. The van der Waals surface area contributed by atoms with Crippen molar-refractivity contribution in [3.05, 3.63) is 53.6 Å². The Labute approximate surface area is 209 Å². The maximum absolute atomic E-state index is 5.24. The van der Waals surface area contributed by atoms with E-state index in [1.807, 2.05) is 12.1 Å². The number of ether oxygens (including phenoxy) is 1. The third-order valence-electron chi connectivity index (χ3n) is 5.61. The monoisotopic (exact) mass is 552 g/mol. The summed E-state index contributed by atoms with van der Waals surface area (Å²) in [5.41, 5.74) is 2.83. The van der Waals surface area contributed by atoms with Gasteiger partial charge in [0.05, 0.1) is 7.11 Å². The summed E-state index contributed by atoms with van der Waals surface area (Å²) in [6, 6.07) is 8.23. The molecule has 0 saturated carbocycles. The smallest absolute Gasteiger partial charge is 0.191 e. The van der Waals surface area contributed by atoms with E-state index in [0.717, 1.165) is 63.0 Å². The molecule has 176 valence electrons. The Morgan fingerprint density at radius 1 is 1.12 bits per heavy atom. The van der Waals surface area contributed by atoms with Gasteiger partial charge < -0.3 is 19.9 Å². The molecule has 1 aromatic carbocycles. The highest BCUT2D eigenvalue weighted by molar-refractivity contribution is 14.0. The topological polar surface area (TPSA) is 76.4 Å². The number of rotatable bonds is 11. The van der Waals surface area contributed by atoms with Crippen LogP contribution in [0, 0.1) is 0 Å². The van der Waals surface area contributed by atoms with E-state index in [9.17, 15) is 0 Å². The highest BCUT2D eigenvalue weighted by Crippen LogP contribution is 2.19. The molecular formula is C24H37IN6O. The highest BCUT2D eigenvalue weighted by atomic mass is 127. The lowest BCUT2D eigenvalue weighted by Crippen LogP contribution is -2.40. The normalized spacial score (nSPS) is 13.8. The zero-order valence-corrected chi connectivity index (χ0v) is 21.7. The van der Waals surface area contributed by atoms with Gasteiger partial charge in [0.2, 0.25) is 0 Å². The van der Waals surface area contributed by atoms with Gasteiger partial charge in [0.25, 0.3) is 0 Å². The van der Waals surface area contributed by atoms with Gasteiger partial charge in [0, 0.05) is 32.6 Å². The molecular weight excluding hydrogens is 515 g/mol. The summed E-state index contributed by atoms with van der Waals surface area (Å²) < 4.78 is 7.33. The molecule has 32 heavy (non-hydrogen) atoms. The van der Waals surface area contributed by atoms with Gasteiger partial charge in [-0.2, -0.15) is 0 Å². The molecule has 0 fully saturated rings. The fraction of sp³-hybridized carbons (Fsp3) is 0.542. The molecule has 8 heteroatoms. The maximum atomic E-state index is 5.24. The van der Waals surface area contributed by atoms with E-state index < -0.39 is 0 Å². The van der Waals surface area contributed by atoms with Crippen LogP contribution in [0.15, 0.2) is 47.2 Å². The van der Waals surface area contributed by atoms with Crippen LogP contribution in [0.25, 0.3) is 0 Å². The average molecular weight is 553 g/mol. The molecule has 0 radical (unpaired) electrons. The van der Waals surface area contributed by atoms with Gasteiger partial charge in [-0.3, -0.25) is 4.99 Å². The van der Waals surface area contributed by atoms with Crippen LogP contribution in [0.1, 0.15) is 50.4 Å². The van der Waals surface area contributed by atoms with Gasteiger partial charge >= 0.3 is 0 Å². The SMILES string of the molecule is CCc1nncn1CCNC(=NCCC1=CCCCC1)NCCc1ccc(OC)cc1.I. The van der Waals surface area contributed by atoms with Gasteiger partial charge in [-0.1, -0.05) is 30.7 Å². The number of hydrogen-bond donors (Lipinski definition) is 2. The molecule has 0 aliphatic heterocycles. The zero-order chi connectivity index (χ0) is 21.7. The number of benzene rings is 1. The molecule has 0 spiro atoms. The maximum Gasteiger partial charge on any atom is 0.191 e. The summed E-state index contributed by atoms with van der Waals surface area (Å²) in [7, 11) is 1.69. The Morgan fingerprint density at radius 3 is 2.66 bits per heavy atom. The largest absolute Gasteiger partial charge is 0.497 e. The first-order chi connectivity index (χ1) is 15.3. The second kappa shape index (κ2) is 14.9. The third-order valence-corrected chi connectivity index (χ3v) is 5.61. The lowest BCUT2D eigenvalue weighted by molar-refractivity contribution is 0.414. The molecule has 7 nitrogen and oxygen atoms in total. The molecule has 0 saturated heterocycles. The van der Waals surface area contributed by atoms with E-state index in [0.29, 0.717) is 0 Å². The second-order valence-electron chi connectivity index (χ2n) is 7.83. The first kappa shape index (κ1) is 26.2. The Bertz CT molecular complexity index is 846. The van der Waals surface area contributed by atoms with E-state index in [-0.39, 0.29) is 24.0 Å². The van der Waals surface area contributed by atoms with Gasteiger partial charge in [-0.05, 0) is 56.2 Å². The molecule has 0 bridgehead atoms. The lowest BCUT2D eigenvalue weighted by Gasteiger charge is -2.15. The molecule has 0 unspecified atom stereocenters. The zero-order valence-electron chi connectivity index (χ0n) is 19.3. The van der Waals surface area contributed by atoms with Crippen LogP contribution >= 0.6 is 24.0 Å². The Hall–Kier alpha value is -2.10. The number of aliphatic imine (C=N–C) groups is 1. The van der Waals surface area contributed by atoms with E-state index in [1.165, 1.54) is 31.2 Å². The Kier molecular flexibility index (Phi) is 12.2. The standard InChI is InChI=1S/C24H36N6O.HI/c1-3-23-29-28-19-30(23)18-17-27-24(25-15-13-20-7-5-4-6-8-20)26-16-14-21-9-11-22(31-2)12-10-21;/h7,9-12,19H,3-6,8,13-18H2,1-2H3,(H2,25,26,27);1H. The van der Waals surface area contributed by atoms with Crippen LogP contribution in [0.2, 0.25) is 0 Å². The van der Waals surface area contributed by atoms with Crippen molar-refractivity contribution in [2.24, 2.45) is 4.99 Å². The van der Waals surface area contributed by atoms with Crippen molar-refractivity contribution in [3.8, 4) is 5.75 Å². The fourth-order valence-corrected chi connectivity index (χ4v) is 3.77. The summed E-state index contributed by atoms with van der Waals surface area (Å²) in [4.78, 5) is 4.83. The molecule has 1 aliphatic rings. The van der Waals surface area contributed by atoms with Crippen molar-refractivity contribution in [3.63, 3.8) is 0 Å². The minimum atomic E-state index is 0. The van der Waals surface area contributed by atoms with Crippen molar-refractivity contribution in [2.45, 2.75) is 58.4 Å². The number of halogens is 1. The van der Waals surface area contributed by atoms with Crippen LogP contribution in [-0.4, -0.2) is 47.5 Å². The van der Waals surface area contributed by atoms with Crippen molar-refractivity contribution in [1.82, 2.24) is 25.4 Å². The molecule has 1 heterocycles. The quantitative estimate of drug-likeness (QED) is 0.190. The summed E-state index contributed by atoms with van der Waals surface area (Å²) in [5, 5.41) is 15.1. The minimum absolute atomic E-state index is 0. The third kappa shape index (κ3) is 8.80. The summed E-state index contributed by atoms with van der Waals surface area (Å²) in [6.07, 6.45) is 12.2. The number of aryl methyl sites for hydroxylation is 1. The number of methoxy groups -OCH3 is 1. The van der Waals surface area contributed by atoms with Gasteiger partial charge in [0.1, 0.15) is 17.9 Å². The van der Waals surface area contributed by atoms with Crippen molar-refractivity contribution in [2.75, 3.05) is 26.7 Å². The van der Waals surface area contributed by atoms with Crippen LogP contribution < -0.4 is 15.4 Å². The van der Waals surface area contributed by atoms with Crippen molar-refractivity contribution in [1.29, 1.82) is 0 Å². The van der Waals surface area contributed by atoms with Gasteiger partial charge in [0.15, 0.2) is 5.96 Å². The van der Waals surface area contributed by atoms with E-state index >= 15 is 0 Å². The van der Waals surface area contributed by atoms with E-state index in [2.05, 4.69) is 50.5 Å². The van der Waals surface area contributed by atoms with Crippen LogP contribution in [0.5, 0.6) is 5.75 Å². The van der Waals surface area contributed by atoms with E-state index in [1.54, 1.807) is 19.0 Å². The number of aromatic nitrogens is 3. The average Bonchev–Trinajstić information content (AvgIpc) is 3.27. The Balaban J connectivity index is 0.00000363. The van der Waals surface area contributed by atoms with Crippen molar-refractivity contribution < 1.29 is 4.74 Å². The molecule has 2 N–H and O–H groups in total. The molecule has 1 aromatic heterocycles. The summed E-state index contributed by atoms with van der Waals surface area (Å²) in [6.45, 7) is 5.34. The number of guanidine groups is 1. The van der Waals surface area contributed by atoms with Crippen LogP contribution in [0.4, 0.5) is 0 Å². The van der Waals surface area contributed by atoms with Gasteiger partial charge in [-0.25, -0.2) is 0 Å². The molecule has 3 rings (SSSR count). The summed E-state index contributed by atoms with van der Waals surface area (Å²) in [5.74, 6) is 2.77. The number of nitrogens with one attached hydrogen (secondary N) is 2. The van der Waals surface area contributed by atoms with Crippen LogP contribution in [0.3, 0.4) is 0 Å². The molecule has 2 aromatic rings. The lowest BCUT2D eigenvalue weighted by atomic mass is 9.97. The van der Waals surface area contributed by atoms with E-state index in [4.69, 9.17) is 9.73 Å².